The van der Waals surface area contributed by atoms with Crippen molar-refractivity contribution in [3.05, 3.63) is 24.0 Å². The van der Waals surface area contributed by atoms with Gasteiger partial charge >= 0.3 is 0 Å². The molecular weight excluding hydrogens is 290 g/mol. The maximum absolute atomic E-state index is 12.8. The predicted octanol–water partition coefficient (Wildman–Crippen LogP) is 1.47. The van der Waals surface area contributed by atoms with Crippen LogP contribution < -0.4 is 0 Å². The highest BCUT2D eigenvalue weighted by Crippen LogP contribution is 2.24. The molecule has 0 fully saturated rings. The second-order valence-electron chi connectivity index (χ2n) is 4.95. The Hall–Kier alpha value is -1.18. The summed E-state index contributed by atoms with van der Waals surface area (Å²) in [5, 5.41) is 13.2. The average Bonchev–Trinajstić information content (AvgIpc) is 2.71. The minimum atomic E-state index is -3.57. The van der Waals surface area contributed by atoms with E-state index >= 15 is 0 Å². The van der Waals surface area contributed by atoms with Crippen molar-refractivity contribution in [2.75, 3.05) is 19.7 Å². The number of aliphatic hydroxyl groups is 1. The number of hydrogen-bond donors (Lipinski definition) is 1. The molecule has 0 atom stereocenters. The number of rotatable bonds is 9. The average molecular weight is 315 g/mol. The summed E-state index contributed by atoms with van der Waals surface area (Å²) in [5.41, 5.74) is 1.11. The predicted molar refractivity (Wildman–Crippen MR) is 82.7 cm³/mol. The van der Waals surface area contributed by atoms with Gasteiger partial charge in [0.25, 0.3) is 0 Å². The molecule has 0 aliphatic rings. The maximum atomic E-state index is 12.8. The molecule has 1 aromatic heterocycles. The molecule has 0 unspecified atom stereocenters. The molecule has 0 bridgehead atoms. The lowest BCUT2D eigenvalue weighted by atomic mass is 10.4. The third-order valence-electron chi connectivity index (χ3n) is 3.25. The van der Waals surface area contributed by atoms with Crippen molar-refractivity contribution in [3.63, 3.8) is 0 Å². The van der Waals surface area contributed by atoms with Crippen molar-refractivity contribution >= 4 is 10.0 Å². The number of hydrogen-bond acceptors (Lipinski definition) is 4. The molecule has 21 heavy (non-hydrogen) atoms. The van der Waals surface area contributed by atoms with Gasteiger partial charge in [-0.25, -0.2) is 8.42 Å². The summed E-state index contributed by atoms with van der Waals surface area (Å²) < 4.78 is 28.7. The van der Waals surface area contributed by atoms with Crippen LogP contribution in [0.4, 0.5) is 0 Å². The first-order valence-electron chi connectivity index (χ1n) is 7.16. The van der Waals surface area contributed by atoms with Crippen molar-refractivity contribution < 1.29 is 13.5 Å². The van der Waals surface area contributed by atoms with Crippen LogP contribution in [0.25, 0.3) is 0 Å². The van der Waals surface area contributed by atoms with Crippen LogP contribution in [0.2, 0.25) is 0 Å². The topological polar surface area (TPSA) is 75.4 Å². The number of aromatic nitrogens is 2. The van der Waals surface area contributed by atoms with Crippen molar-refractivity contribution in [1.82, 2.24) is 14.1 Å². The summed E-state index contributed by atoms with van der Waals surface area (Å²) in [7, 11) is -3.57. The summed E-state index contributed by atoms with van der Waals surface area (Å²) in [5.74, 6) is 0. The Bertz CT molecular complexity index is 579. The van der Waals surface area contributed by atoms with Crippen LogP contribution in [0, 0.1) is 13.8 Å². The summed E-state index contributed by atoms with van der Waals surface area (Å²) in [4.78, 5) is 0.274. The summed E-state index contributed by atoms with van der Waals surface area (Å²) in [6.45, 7) is 10.3. The molecule has 1 heterocycles. The minimum Gasteiger partial charge on any atom is -0.396 e. The van der Waals surface area contributed by atoms with Gasteiger partial charge in [-0.15, -0.1) is 6.58 Å². The molecule has 0 aliphatic carbocycles. The zero-order valence-corrected chi connectivity index (χ0v) is 13.9. The van der Waals surface area contributed by atoms with E-state index in [9.17, 15) is 8.42 Å². The Balaban J connectivity index is 3.23. The summed E-state index contributed by atoms with van der Waals surface area (Å²) in [6, 6.07) is 0. The number of sulfonamides is 1. The van der Waals surface area contributed by atoms with E-state index in [4.69, 9.17) is 5.11 Å². The van der Waals surface area contributed by atoms with E-state index in [1.54, 1.807) is 24.6 Å². The van der Waals surface area contributed by atoms with Crippen molar-refractivity contribution in [3.8, 4) is 0 Å². The molecule has 7 heteroatoms. The number of aryl methyl sites for hydroxylation is 2. The third kappa shape index (κ3) is 3.93. The molecule has 0 aromatic carbocycles. The first-order valence-corrected chi connectivity index (χ1v) is 8.60. The zero-order chi connectivity index (χ0) is 16.0. The summed E-state index contributed by atoms with van der Waals surface area (Å²) >= 11 is 0. The highest BCUT2D eigenvalue weighted by Gasteiger charge is 2.29. The molecule has 0 radical (unpaired) electrons. The van der Waals surface area contributed by atoms with Gasteiger partial charge in [0, 0.05) is 26.2 Å². The van der Waals surface area contributed by atoms with E-state index in [1.165, 1.54) is 4.31 Å². The van der Waals surface area contributed by atoms with E-state index in [0.29, 0.717) is 30.9 Å². The lowest BCUT2D eigenvalue weighted by molar-refractivity contribution is 0.276. The highest BCUT2D eigenvalue weighted by molar-refractivity contribution is 7.89. The fraction of sp³-hybridized carbons (Fsp3) is 0.643. The second-order valence-corrected chi connectivity index (χ2v) is 6.83. The maximum Gasteiger partial charge on any atom is 0.247 e. The van der Waals surface area contributed by atoms with E-state index < -0.39 is 10.0 Å². The monoisotopic (exact) mass is 315 g/mol. The van der Waals surface area contributed by atoms with Gasteiger partial charge in [0.1, 0.15) is 4.90 Å². The molecular formula is C14H25N3O3S. The Morgan fingerprint density at radius 3 is 2.62 bits per heavy atom. The Labute approximate surface area is 127 Å². The van der Waals surface area contributed by atoms with Crippen LogP contribution in [-0.2, 0) is 16.6 Å². The third-order valence-corrected chi connectivity index (χ3v) is 5.36. The van der Waals surface area contributed by atoms with E-state index in [1.807, 2.05) is 6.92 Å². The van der Waals surface area contributed by atoms with Gasteiger partial charge < -0.3 is 5.11 Å². The van der Waals surface area contributed by atoms with Crippen LogP contribution in [0.3, 0.4) is 0 Å². The molecule has 0 aliphatic heterocycles. The van der Waals surface area contributed by atoms with Crippen molar-refractivity contribution in [1.29, 1.82) is 0 Å². The summed E-state index contributed by atoms with van der Waals surface area (Å²) in [6.07, 6.45) is 2.88. The molecule has 1 N–H and O–H groups in total. The highest BCUT2D eigenvalue weighted by atomic mass is 32.2. The van der Waals surface area contributed by atoms with Crippen LogP contribution >= 0.6 is 0 Å². The minimum absolute atomic E-state index is 0.0544. The molecule has 0 spiro atoms. The van der Waals surface area contributed by atoms with Crippen molar-refractivity contribution in [2.24, 2.45) is 0 Å². The molecule has 1 rings (SSSR count). The molecule has 120 valence electrons. The van der Waals surface area contributed by atoms with Gasteiger partial charge in [0.2, 0.25) is 10.0 Å². The van der Waals surface area contributed by atoms with E-state index in [0.717, 1.165) is 6.42 Å². The number of nitrogens with zero attached hydrogens (tertiary/aromatic N) is 3. The van der Waals surface area contributed by atoms with E-state index in [-0.39, 0.29) is 18.0 Å². The first kappa shape index (κ1) is 17.9. The lowest BCUT2D eigenvalue weighted by Crippen LogP contribution is -2.32. The van der Waals surface area contributed by atoms with Gasteiger partial charge in [-0.3, -0.25) is 4.68 Å². The van der Waals surface area contributed by atoms with Gasteiger partial charge in [-0.2, -0.15) is 9.40 Å². The molecule has 0 saturated heterocycles. The quantitative estimate of drug-likeness (QED) is 0.700. The Morgan fingerprint density at radius 2 is 2.10 bits per heavy atom. The Morgan fingerprint density at radius 1 is 1.43 bits per heavy atom. The zero-order valence-electron chi connectivity index (χ0n) is 13.0. The van der Waals surface area contributed by atoms with Gasteiger partial charge in [0.15, 0.2) is 0 Å². The smallest absolute Gasteiger partial charge is 0.247 e. The molecule has 0 amide bonds. The van der Waals surface area contributed by atoms with Crippen LogP contribution in [-0.4, -0.2) is 47.3 Å². The molecule has 6 nitrogen and oxygen atoms in total. The lowest BCUT2D eigenvalue weighted by Gasteiger charge is -2.20. The van der Waals surface area contributed by atoms with Gasteiger partial charge in [0.05, 0.1) is 11.4 Å². The van der Waals surface area contributed by atoms with Crippen LogP contribution in [0.1, 0.15) is 31.2 Å². The largest absolute Gasteiger partial charge is 0.396 e. The fourth-order valence-corrected chi connectivity index (χ4v) is 4.20. The van der Waals surface area contributed by atoms with Crippen molar-refractivity contribution in [2.45, 2.75) is 45.1 Å². The van der Waals surface area contributed by atoms with Gasteiger partial charge in [-0.05, 0) is 26.7 Å². The first-order chi connectivity index (χ1) is 9.89. The Kier molecular flexibility index (Phi) is 6.57. The van der Waals surface area contributed by atoms with Crippen LogP contribution in [0.15, 0.2) is 17.6 Å². The SMILES string of the molecule is C=CCN(CCC)S(=O)(=O)c1c(C)nn(CCCO)c1C. The van der Waals surface area contributed by atoms with Crippen LogP contribution in [0.5, 0.6) is 0 Å². The standard InChI is InChI=1S/C14H25N3O3S/c1-5-8-16(9-6-2)21(19,20)14-12(3)15-17(13(14)4)10-7-11-18/h5,18H,1,6-11H2,2-4H3. The van der Waals surface area contributed by atoms with Gasteiger partial charge in [-0.1, -0.05) is 13.0 Å². The fourth-order valence-electron chi connectivity index (χ4n) is 2.32. The molecule has 0 saturated carbocycles. The normalized spacial score (nSPS) is 12.0. The van der Waals surface area contributed by atoms with E-state index in [2.05, 4.69) is 11.7 Å². The number of aliphatic hydroxyl groups excluding tert-OH is 1. The molecule has 1 aromatic rings. The second kappa shape index (κ2) is 7.72.